The number of anilines is 3. The maximum Gasteiger partial charge on any atom is 0.263 e. The lowest BCUT2D eigenvalue weighted by Gasteiger charge is -2.17. The Kier molecular flexibility index (Phi) is 4.04. The van der Waals surface area contributed by atoms with E-state index in [4.69, 9.17) is 0 Å². The largest absolute Gasteiger partial charge is 0.324 e. The van der Waals surface area contributed by atoms with Crippen molar-refractivity contribution in [3.63, 3.8) is 0 Å². The standard InChI is InChI=1S/C18H15FN4O2S/c19-14-5-7-15(8-6-14)26(24,25)22-17-9-10-18(21-20-17)23-12-11-13-3-1-2-4-16(13)23/h1-10H,11-12H2,(H,20,22). The summed E-state index contributed by atoms with van der Waals surface area (Å²) >= 11 is 0. The van der Waals surface area contributed by atoms with Gasteiger partial charge in [0.05, 0.1) is 4.90 Å². The molecule has 0 atom stereocenters. The number of benzene rings is 2. The molecule has 1 aromatic heterocycles. The number of para-hydroxylation sites is 1. The molecule has 3 aromatic rings. The second-order valence-electron chi connectivity index (χ2n) is 5.87. The number of nitrogens with zero attached hydrogens (tertiary/aromatic N) is 3. The summed E-state index contributed by atoms with van der Waals surface area (Å²) in [4.78, 5) is 2.00. The second kappa shape index (κ2) is 6.38. The van der Waals surface area contributed by atoms with Crippen molar-refractivity contribution >= 4 is 27.3 Å². The van der Waals surface area contributed by atoms with E-state index in [2.05, 4.69) is 21.0 Å². The normalized spacial score (nSPS) is 13.5. The molecule has 0 unspecified atom stereocenters. The molecular weight excluding hydrogens is 355 g/mol. The number of rotatable bonds is 4. The number of hydrogen-bond acceptors (Lipinski definition) is 5. The second-order valence-corrected chi connectivity index (χ2v) is 7.55. The molecular formula is C18H15FN4O2S. The predicted molar refractivity (Wildman–Crippen MR) is 96.4 cm³/mol. The zero-order valence-electron chi connectivity index (χ0n) is 13.6. The van der Waals surface area contributed by atoms with Crippen LogP contribution in [0.5, 0.6) is 0 Å². The monoisotopic (exact) mass is 370 g/mol. The highest BCUT2D eigenvalue weighted by Crippen LogP contribution is 2.33. The topological polar surface area (TPSA) is 75.2 Å². The van der Waals surface area contributed by atoms with Crippen molar-refractivity contribution in [3.8, 4) is 0 Å². The third kappa shape index (κ3) is 3.11. The quantitative estimate of drug-likeness (QED) is 0.764. The number of sulfonamides is 1. The molecule has 6 nitrogen and oxygen atoms in total. The van der Waals surface area contributed by atoms with Crippen LogP contribution in [0.15, 0.2) is 65.6 Å². The van der Waals surface area contributed by atoms with Crippen molar-refractivity contribution in [2.45, 2.75) is 11.3 Å². The van der Waals surface area contributed by atoms with Crippen LogP contribution >= 0.6 is 0 Å². The van der Waals surface area contributed by atoms with E-state index in [1.807, 2.05) is 23.1 Å². The number of hydrogen-bond donors (Lipinski definition) is 1. The van der Waals surface area contributed by atoms with Gasteiger partial charge in [-0.05, 0) is 54.4 Å². The van der Waals surface area contributed by atoms with Gasteiger partial charge in [-0.2, -0.15) is 0 Å². The molecule has 1 N–H and O–H groups in total. The van der Waals surface area contributed by atoms with E-state index in [1.54, 1.807) is 12.1 Å². The first-order valence-electron chi connectivity index (χ1n) is 8.00. The summed E-state index contributed by atoms with van der Waals surface area (Å²) in [7, 11) is -3.84. The molecule has 1 aliphatic heterocycles. The van der Waals surface area contributed by atoms with Gasteiger partial charge in [0, 0.05) is 12.2 Å². The zero-order chi connectivity index (χ0) is 18.1. The van der Waals surface area contributed by atoms with Crippen LogP contribution in [0.4, 0.5) is 21.7 Å². The Balaban J connectivity index is 1.54. The third-order valence-corrected chi connectivity index (χ3v) is 5.55. The molecule has 0 saturated heterocycles. The fraction of sp³-hybridized carbons (Fsp3) is 0.111. The smallest absolute Gasteiger partial charge is 0.263 e. The molecule has 0 amide bonds. The van der Waals surface area contributed by atoms with Crippen molar-refractivity contribution in [1.82, 2.24) is 10.2 Å². The van der Waals surface area contributed by atoms with E-state index >= 15 is 0 Å². The van der Waals surface area contributed by atoms with E-state index in [9.17, 15) is 12.8 Å². The molecule has 1 aliphatic rings. The van der Waals surface area contributed by atoms with Crippen LogP contribution in [0, 0.1) is 5.82 Å². The van der Waals surface area contributed by atoms with Crippen LogP contribution in [0.3, 0.4) is 0 Å². The average Bonchev–Trinajstić information content (AvgIpc) is 3.07. The Bertz CT molecular complexity index is 1040. The third-order valence-electron chi connectivity index (χ3n) is 4.18. The van der Waals surface area contributed by atoms with Crippen LogP contribution in [0.1, 0.15) is 5.56 Å². The van der Waals surface area contributed by atoms with Gasteiger partial charge >= 0.3 is 0 Å². The number of halogens is 1. The average molecular weight is 370 g/mol. The van der Waals surface area contributed by atoms with E-state index in [0.717, 1.165) is 30.8 Å². The zero-order valence-corrected chi connectivity index (χ0v) is 14.4. The Morgan fingerprint density at radius 1 is 0.962 bits per heavy atom. The fourth-order valence-electron chi connectivity index (χ4n) is 2.91. The van der Waals surface area contributed by atoms with Crippen LogP contribution in [-0.2, 0) is 16.4 Å². The highest BCUT2D eigenvalue weighted by Gasteiger charge is 2.21. The van der Waals surface area contributed by atoms with Crippen LogP contribution in [0.25, 0.3) is 0 Å². The van der Waals surface area contributed by atoms with Crippen molar-refractivity contribution in [2.24, 2.45) is 0 Å². The Hall–Kier alpha value is -3.00. The minimum Gasteiger partial charge on any atom is -0.324 e. The summed E-state index contributed by atoms with van der Waals surface area (Å²) in [5.41, 5.74) is 2.33. The van der Waals surface area contributed by atoms with Crippen molar-refractivity contribution < 1.29 is 12.8 Å². The van der Waals surface area contributed by atoms with Gasteiger partial charge in [-0.15, -0.1) is 10.2 Å². The molecule has 4 rings (SSSR count). The summed E-state index contributed by atoms with van der Waals surface area (Å²) in [5.74, 6) is 0.254. The first-order chi connectivity index (χ1) is 12.5. The summed E-state index contributed by atoms with van der Waals surface area (Å²) in [6, 6.07) is 15.9. The minimum absolute atomic E-state index is 0.0433. The fourth-order valence-corrected chi connectivity index (χ4v) is 3.91. The molecule has 8 heteroatoms. The summed E-state index contributed by atoms with van der Waals surface area (Å²) in [5, 5.41) is 8.11. The molecule has 0 aliphatic carbocycles. The summed E-state index contributed by atoms with van der Waals surface area (Å²) in [6.45, 7) is 0.800. The maximum atomic E-state index is 13.0. The van der Waals surface area contributed by atoms with Crippen LogP contribution < -0.4 is 9.62 Å². The minimum atomic E-state index is -3.84. The van der Waals surface area contributed by atoms with Gasteiger partial charge in [-0.25, -0.2) is 12.8 Å². The summed E-state index contributed by atoms with van der Waals surface area (Å²) < 4.78 is 39.9. The van der Waals surface area contributed by atoms with Gasteiger partial charge in [0.25, 0.3) is 10.0 Å². The number of aromatic nitrogens is 2. The predicted octanol–water partition coefficient (Wildman–Crippen LogP) is 3.11. The van der Waals surface area contributed by atoms with E-state index in [0.29, 0.717) is 5.82 Å². The lowest BCUT2D eigenvalue weighted by molar-refractivity contribution is 0.599. The van der Waals surface area contributed by atoms with Gasteiger partial charge < -0.3 is 4.90 Å². The van der Waals surface area contributed by atoms with Gasteiger partial charge in [0.15, 0.2) is 11.6 Å². The Morgan fingerprint density at radius 3 is 2.46 bits per heavy atom. The molecule has 2 heterocycles. The van der Waals surface area contributed by atoms with Crippen molar-refractivity contribution in [3.05, 3.63) is 72.0 Å². The first-order valence-corrected chi connectivity index (χ1v) is 9.49. The molecule has 2 aromatic carbocycles. The number of nitrogens with one attached hydrogen (secondary N) is 1. The lowest BCUT2D eigenvalue weighted by Crippen LogP contribution is -2.17. The summed E-state index contributed by atoms with van der Waals surface area (Å²) in [6.07, 6.45) is 0.927. The van der Waals surface area contributed by atoms with Gasteiger partial charge in [-0.3, -0.25) is 4.72 Å². The van der Waals surface area contributed by atoms with Gasteiger partial charge in [0.2, 0.25) is 0 Å². The van der Waals surface area contributed by atoms with Crippen LogP contribution in [0.2, 0.25) is 0 Å². The Morgan fingerprint density at radius 2 is 1.73 bits per heavy atom. The van der Waals surface area contributed by atoms with E-state index in [1.165, 1.54) is 17.7 Å². The van der Waals surface area contributed by atoms with E-state index in [-0.39, 0.29) is 10.7 Å². The van der Waals surface area contributed by atoms with Crippen molar-refractivity contribution in [1.29, 1.82) is 0 Å². The molecule has 132 valence electrons. The number of fused-ring (bicyclic) bond motifs is 1. The molecule has 0 saturated carbocycles. The first kappa shape index (κ1) is 16.5. The van der Waals surface area contributed by atoms with Gasteiger partial charge in [0.1, 0.15) is 5.82 Å². The highest BCUT2D eigenvalue weighted by atomic mass is 32.2. The van der Waals surface area contributed by atoms with Gasteiger partial charge in [-0.1, -0.05) is 18.2 Å². The SMILES string of the molecule is O=S(=O)(Nc1ccc(N2CCc3ccccc32)nn1)c1ccc(F)cc1. The molecule has 0 fully saturated rings. The van der Waals surface area contributed by atoms with Crippen molar-refractivity contribution in [2.75, 3.05) is 16.2 Å². The molecule has 0 spiro atoms. The Labute approximate surface area is 150 Å². The molecule has 26 heavy (non-hydrogen) atoms. The van der Waals surface area contributed by atoms with E-state index < -0.39 is 15.8 Å². The maximum absolute atomic E-state index is 13.0. The molecule has 0 radical (unpaired) electrons. The lowest BCUT2D eigenvalue weighted by atomic mass is 10.2. The van der Waals surface area contributed by atoms with Crippen LogP contribution in [-0.4, -0.2) is 25.2 Å². The highest BCUT2D eigenvalue weighted by molar-refractivity contribution is 7.92. The molecule has 0 bridgehead atoms.